The Labute approximate surface area is 140 Å². The smallest absolute Gasteiger partial charge is 0.354 e. The number of fused-ring (bicyclic) bond motifs is 1. The summed E-state index contributed by atoms with van der Waals surface area (Å²) in [6, 6.07) is 11.7. The first-order chi connectivity index (χ1) is 11.6. The number of carboxylic acid groups (broad SMARTS) is 1. The molecule has 0 unspecified atom stereocenters. The number of hydrogen-bond donors (Lipinski definition) is 1. The first-order valence-corrected chi connectivity index (χ1v) is 8.28. The Hall–Kier alpha value is -2.69. The van der Waals surface area contributed by atoms with E-state index in [0.29, 0.717) is 11.6 Å². The second-order valence-electron chi connectivity index (χ2n) is 6.66. The maximum Gasteiger partial charge on any atom is 0.354 e. The van der Waals surface area contributed by atoms with Crippen LogP contribution >= 0.6 is 0 Å². The van der Waals surface area contributed by atoms with Crippen LogP contribution in [0.15, 0.2) is 36.4 Å². The van der Waals surface area contributed by atoms with E-state index in [9.17, 15) is 9.90 Å². The summed E-state index contributed by atoms with van der Waals surface area (Å²) in [7, 11) is 0. The Morgan fingerprint density at radius 1 is 1.25 bits per heavy atom. The number of aromatic carboxylic acids is 1. The molecule has 122 valence electrons. The van der Waals surface area contributed by atoms with Gasteiger partial charge < -0.3 is 5.11 Å². The third kappa shape index (κ3) is 2.37. The fourth-order valence-electron chi connectivity index (χ4n) is 3.10. The minimum absolute atomic E-state index is 0.0747. The van der Waals surface area contributed by atoms with Gasteiger partial charge in [-0.3, -0.25) is 0 Å². The Kier molecular flexibility index (Phi) is 3.37. The number of hydrogen-bond acceptors (Lipinski definition) is 3. The molecule has 3 aromatic rings. The SMILES string of the molecule is CC(C)c1cc(C(=O)O)nc2c(-c3ccccc3)c(C3CC3)nn12. The van der Waals surface area contributed by atoms with Gasteiger partial charge in [-0.05, 0) is 30.4 Å². The van der Waals surface area contributed by atoms with Gasteiger partial charge in [0.15, 0.2) is 11.3 Å². The number of benzene rings is 1. The maximum atomic E-state index is 11.5. The molecule has 4 rings (SSSR count). The van der Waals surface area contributed by atoms with Crippen LogP contribution in [0.5, 0.6) is 0 Å². The van der Waals surface area contributed by atoms with Gasteiger partial charge in [-0.2, -0.15) is 5.10 Å². The summed E-state index contributed by atoms with van der Waals surface area (Å²) in [4.78, 5) is 16.0. The van der Waals surface area contributed by atoms with Crippen molar-refractivity contribution in [1.82, 2.24) is 14.6 Å². The maximum absolute atomic E-state index is 11.5. The highest BCUT2D eigenvalue weighted by Gasteiger charge is 2.32. The average Bonchev–Trinajstić information content (AvgIpc) is 3.34. The van der Waals surface area contributed by atoms with Gasteiger partial charge in [-0.1, -0.05) is 44.2 Å². The van der Waals surface area contributed by atoms with Crippen molar-refractivity contribution in [3.8, 4) is 11.1 Å². The van der Waals surface area contributed by atoms with E-state index in [1.54, 1.807) is 6.07 Å². The monoisotopic (exact) mass is 321 g/mol. The molecule has 0 radical (unpaired) electrons. The number of rotatable bonds is 4. The molecule has 0 bridgehead atoms. The van der Waals surface area contributed by atoms with E-state index < -0.39 is 5.97 Å². The third-order valence-corrected chi connectivity index (χ3v) is 4.48. The molecular formula is C19H19N3O2. The second-order valence-corrected chi connectivity index (χ2v) is 6.66. The molecule has 5 heteroatoms. The Balaban J connectivity index is 2.08. The minimum Gasteiger partial charge on any atom is -0.477 e. The summed E-state index contributed by atoms with van der Waals surface area (Å²) >= 11 is 0. The van der Waals surface area contributed by atoms with Crippen LogP contribution in [-0.4, -0.2) is 25.7 Å². The number of carboxylic acids is 1. The van der Waals surface area contributed by atoms with E-state index in [1.807, 2.05) is 48.7 Å². The van der Waals surface area contributed by atoms with Crippen molar-refractivity contribution in [3.63, 3.8) is 0 Å². The summed E-state index contributed by atoms with van der Waals surface area (Å²) in [6.07, 6.45) is 2.26. The first-order valence-electron chi connectivity index (χ1n) is 8.28. The predicted octanol–water partition coefficient (Wildman–Crippen LogP) is 4.10. The molecule has 0 amide bonds. The molecule has 1 saturated carbocycles. The van der Waals surface area contributed by atoms with Gasteiger partial charge in [-0.15, -0.1) is 0 Å². The molecule has 2 heterocycles. The van der Waals surface area contributed by atoms with Gasteiger partial charge in [0.2, 0.25) is 0 Å². The molecular weight excluding hydrogens is 302 g/mol. The van der Waals surface area contributed by atoms with Crippen molar-refractivity contribution in [3.05, 3.63) is 53.5 Å². The van der Waals surface area contributed by atoms with E-state index in [4.69, 9.17) is 5.10 Å². The molecule has 1 aromatic carbocycles. The van der Waals surface area contributed by atoms with Crippen LogP contribution in [-0.2, 0) is 0 Å². The average molecular weight is 321 g/mol. The summed E-state index contributed by atoms with van der Waals surface area (Å²) in [6.45, 7) is 4.09. The van der Waals surface area contributed by atoms with Gasteiger partial charge in [0, 0.05) is 11.6 Å². The van der Waals surface area contributed by atoms with Gasteiger partial charge in [0.25, 0.3) is 0 Å². The van der Waals surface area contributed by atoms with Crippen LogP contribution < -0.4 is 0 Å². The molecule has 1 aliphatic carbocycles. The van der Waals surface area contributed by atoms with E-state index in [-0.39, 0.29) is 11.6 Å². The summed E-state index contributed by atoms with van der Waals surface area (Å²) in [5, 5.41) is 14.3. The second kappa shape index (κ2) is 5.44. The van der Waals surface area contributed by atoms with E-state index in [0.717, 1.165) is 35.4 Å². The lowest BCUT2D eigenvalue weighted by Gasteiger charge is -2.09. The van der Waals surface area contributed by atoms with Gasteiger partial charge in [-0.25, -0.2) is 14.3 Å². The predicted molar refractivity (Wildman–Crippen MR) is 91.4 cm³/mol. The molecule has 5 nitrogen and oxygen atoms in total. The van der Waals surface area contributed by atoms with E-state index >= 15 is 0 Å². The molecule has 0 aliphatic heterocycles. The van der Waals surface area contributed by atoms with E-state index in [2.05, 4.69) is 4.98 Å². The molecule has 0 spiro atoms. The van der Waals surface area contributed by atoms with Crippen molar-refractivity contribution >= 4 is 11.6 Å². The first kappa shape index (κ1) is 14.9. The molecule has 1 fully saturated rings. The fraction of sp³-hybridized carbons (Fsp3) is 0.316. The molecule has 0 saturated heterocycles. The molecule has 24 heavy (non-hydrogen) atoms. The highest BCUT2D eigenvalue weighted by atomic mass is 16.4. The lowest BCUT2D eigenvalue weighted by atomic mass is 10.0. The highest BCUT2D eigenvalue weighted by Crippen LogP contribution is 2.45. The van der Waals surface area contributed by atoms with Gasteiger partial charge in [0.1, 0.15) is 0 Å². The Bertz CT molecular complexity index is 925. The van der Waals surface area contributed by atoms with Gasteiger partial charge >= 0.3 is 5.97 Å². The number of nitrogens with zero attached hydrogens (tertiary/aromatic N) is 3. The van der Waals surface area contributed by atoms with Crippen LogP contribution in [0.4, 0.5) is 0 Å². The van der Waals surface area contributed by atoms with Crippen molar-refractivity contribution in [2.24, 2.45) is 0 Å². The zero-order valence-electron chi connectivity index (χ0n) is 13.7. The number of carbonyl (C=O) groups is 1. The standard InChI is InChI=1S/C19H19N3O2/c1-11(2)15-10-14(19(23)24)20-18-16(12-6-4-3-5-7-12)17(13-8-9-13)21-22(15)18/h3-7,10-11,13H,8-9H2,1-2H3,(H,23,24). The van der Waals surface area contributed by atoms with Crippen molar-refractivity contribution in [2.75, 3.05) is 0 Å². The topological polar surface area (TPSA) is 67.5 Å². The van der Waals surface area contributed by atoms with Gasteiger partial charge in [0.05, 0.1) is 11.3 Å². The zero-order chi connectivity index (χ0) is 16.8. The van der Waals surface area contributed by atoms with Crippen LogP contribution in [0, 0.1) is 0 Å². The fourth-order valence-corrected chi connectivity index (χ4v) is 3.10. The van der Waals surface area contributed by atoms with Crippen molar-refractivity contribution < 1.29 is 9.90 Å². The highest BCUT2D eigenvalue weighted by molar-refractivity contribution is 5.88. The minimum atomic E-state index is -1.01. The Morgan fingerprint density at radius 2 is 1.96 bits per heavy atom. The van der Waals surface area contributed by atoms with Crippen LogP contribution in [0.3, 0.4) is 0 Å². The van der Waals surface area contributed by atoms with Crippen LogP contribution in [0.2, 0.25) is 0 Å². The molecule has 1 aliphatic rings. The molecule has 0 atom stereocenters. The molecule has 2 aromatic heterocycles. The Morgan fingerprint density at radius 3 is 2.54 bits per heavy atom. The lowest BCUT2D eigenvalue weighted by molar-refractivity contribution is 0.0690. The quantitative estimate of drug-likeness (QED) is 0.785. The zero-order valence-corrected chi connectivity index (χ0v) is 13.7. The number of aromatic nitrogens is 3. The summed E-state index contributed by atoms with van der Waals surface area (Å²) in [5.41, 5.74) is 4.65. The largest absolute Gasteiger partial charge is 0.477 e. The normalized spacial score (nSPS) is 14.5. The van der Waals surface area contributed by atoms with Crippen molar-refractivity contribution in [2.45, 2.75) is 38.5 Å². The van der Waals surface area contributed by atoms with Crippen molar-refractivity contribution in [1.29, 1.82) is 0 Å². The van der Waals surface area contributed by atoms with Crippen LogP contribution in [0.1, 0.15) is 60.4 Å². The van der Waals surface area contributed by atoms with E-state index in [1.165, 1.54) is 0 Å². The van der Waals surface area contributed by atoms with Crippen LogP contribution in [0.25, 0.3) is 16.8 Å². The molecule has 1 N–H and O–H groups in total. The third-order valence-electron chi connectivity index (χ3n) is 4.48. The summed E-state index contributed by atoms with van der Waals surface area (Å²) < 4.78 is 1.84. The lowest BCUT2D eigenvalue weighted by Crippen LogP contribution is -2.09. The summed E-state index contributed by atoms with van der Waals surface area (Å²) in [5.74, 6) is -0.396.